The van der Waals surface area contributed by atoms with E-state index in [-0.39, 0.29) is 5.91 Å². The Morgan fingerprint density at radius 1 is 0.966 bits per heavy atom. The lowest BCUT2D eigenvalue weighted by atomic mass is 10.0. The SMILES string of the molecule is N#CCc1ccc(NC(=O)c2ccc(CN3CCCc4ccccc43)cc2)cc1. The highest BCUT2D eigenvalue weighted by molar-refractivity contribution is 6.04. The predicted molar refractivity (Wildman–Crippen MR) is 116 cm³/mol. The summed E-state index contributed by atoms with van der Waals surface area (Å²) in [5.74, 6) is -0.132. The molecule has 1 amide bonds. The van der Waals surface area contributed by atoms with Crippen molar-refractivity contribution in [2.45, 2.75) is 25.8 Å². The Morgan fingerprint density at radius 3 is 2.45 bits per heavy atom. The van der Waals surface area contributed by atoms with Gasteiger partial charge >= 0.3 is 0 Å². The Balaban J connectivity index is 1.40. The third-order valence-electron chi connectivity index (χ3n) is 5.29. The van der Waals surface area contributed by atoms with E-state index in [1.807, 2.05) is 48.5 Å². The summed E-state index contributed by atoms with van der Waals surface area (Å²) in [6, 6.07) is 25.9. The first-order chi connectivity index (χ1) is 14.2. The van der Waals surface area contributed by atoms with Crippen molar-refractivity contribution in [2.24, 2.45) is 0 Å². The van der Waals surface area contributed by atoms with E-state index in [0.717, 1.165) is 30.8 Å². The molecule has 0 bridgehead atoms. The van der Waals surface area contributed by atoms with Crippen LogP contribution in [-0.2, 0) is 19.4 Å². The highest BCUT2D eigenvalue weighted by atomic mass is 16.1. The molecule has 4 nitrogen and oxygen atoms in total. The number of amides is 1. The monoisotopic (exact) mass is 381 g/mol. The number of para-hydroxylation sites is 1. The molecule has 3 aromatic carbocycles. The van der Waals surface area contributed by atoms with Gasteiger partial charge in [0.05, 0.1) is 12.5 Å². The standard InChI is InChI=1S/C25H23N3O/c26-16-15-19-9-13-23(14-10-19)27-25(29)22-11-7-20(8-12-22)18-28-17-3-5-21-4-1-2-6-24(21)28/h1-2,4,6-14H,3,5,15,17-18H2,(H,27,29). The predicted octanol–water partition coefficient (Wildman–Crippen LogP) is 4.96. The highest BCUT2D eigenvalue weighted by Crippen LogP contribution is 2.28. The summed E-state index contributed by atoms with van der Waals surface area (Å²) in [6.45, 7) is 1.90. The number of rotatable bonds is 5. The third-order valence-corrected chi connectivity index (χ3v) is 5.29. The first-order valence-electron chi connectivity index (χ1n) is 9.92. The van der Waals surface area contributed by atoms with E-state index in [2.05, 4.69) is 40.6 Å². The van der Waals surface area contributed by atoms with Crippen LogP contribution in [0.2, 0.25) is 0 Å². The number of fused-ring (bicyclic) bond motifs is 1. The number of carbonyl (C=O) groups is 1. The van der Waals surface area contributed by atoms with Crippen molar-refractivity contribution in [3.63, 3.8) is 0 Å². The molecule has 1 heterocycles. The molecule has 1 aliphatic heterocycles. The molecule has 0 aliphatic carbocycles. The summed E-state index contributed by atoms with van der Waals surface area (Å²) in [6.07, 6.45) is 2.69. The number of aryl methyl sites for hydroxylation is 1. The minimum Gasteiger partial charge on any atom is -0.367 e. The van der Waals surface area contributed by atoms with Crippen LogP contribution in [0.15, 0.2) is 72.8 Å². The van der Waals surface area contributed by atoms with Crippen molar-refractivity contribution in [1.29, 1.82) is 5.26 Å². The van der Waals surface area contributed by atoms with Gasteiger partial charge in [-0.2, -0.15) is 5.26 Å². The Hall–Kier alpha value is -3.58. The van der Waals surface area contributed by atoms with Gasteiger partial charge in [0.15, 0.2) is 0 Å². The maximum atomic E-state index is 12.5. The average Bonchev–Trinajstić information content (AvgIpc) is 2.76. The number of carbonyl (C=O) groups excluding carboxylic acids is 1. The number of nitrogens with one attached hydrogen (secondary N) is 1. The largest absolute Gasteiger partial charge is 0.367 e. The molecule has 29 heavy (non-hydrogen) atoms. The van der Waals surface area contributed by atoms with Gasteiger partial charge in [-0.1, -0.05) is 42.5 Å². The molecular weight excluding hydrogens is 358 g/mol. The molecule has 4 rings (SSSR count). The summed E-state index contributed by atoms with van der Waals surface area (Å²) in [5, 5.41) is 11.6. The molecule has 0 radical (unpaired) electrons. The molecule has 3 aromatic rings. The van der Waals surface area contributed by atoms with Crippen LogP contribution in [0.4, 0.5) is 11.4 Å². The lowest BCUT2D eigenvalue weighted by molar-refractivity contribution is 0.102. The molecule has 4 heteroatoms. The smallest absolute Gasteiger partial charge is 0.255 e. The van der Waals surface area contributed by atoms with Crippen LogP contribution in [0, 0.1) is 11.3 Å². The van der Waals surface area contributed by atoms with Gasteiger partial charge in [-0.3, -0.25) is 4.79 Å². The summed E-state index contributed by atoms with van der Waals surface area (Å²) in [5.41, 5.74) is 6.23. The van der Waals surface area contributed by atoms with Crippen molar-refractivity contribution >= 4 is 17.3 Å². The first-order valence-corrected chi connectivity index (χ1v) is 9.92. The maximum Gasteiger partial charge on any atom is 0.255 e. The normalized spacial score (nSPS) is 12.7. The molecule has 0 atom stereocenters. The number of hydrogen-bond donors (Lipinski definition) is 1. The molecule has 144 valence electrons. The number of hydrogen-bond acceptors (Lipinski definition) is 3. The molecule has 0 fully saturated rings. The van der Waals surface area contributed by atoms with Crippen LogP contribution in [0.3, 0.4) is 0 Å². The lowest BCUT2D eigenvalue weighted by Crippen LogP contribution is -2.28. The fraction of sp³-hybridized carbons (Fsp3) is 0.200. The zero-order chi connectivity index (χ0) is 20.1. The van der Waals surface area contributed by atoms with Gasteiger partial charge in [0.2, 0.25) is 0 Å². The third kappa shape index (κ3) is 4.47. The summed E-state index contributed by atoms with van der Waals surface area (Å²) >= 11 is 0. The fourth-order valence-corrected chi connectivity index (χ4v) is 3.76. The number of nitriles is 1. The molecule has 1 N–H and O–H groups in total. The van der Waals surface area contributed by atoms with E-state index < -0.39 is 0 Å². The Bertz CT molecular complexity index is 1030. The van der Waals surface area contributed by atoms with Gasteiger partial charge in [-0.25, -0.2) is 0 Å². The van der Waals surface area contributed by atoms with Gasteiger partial charge in [0.25, 0.3) is 5.91 Å². The second-order valence-electron chi connectivity index (χ2n) is 7.34. The second-order valence-corrected chi connectivity index (χ2v) is 7.34. The van der Waals surface area contributed by atoms with Crippen molar-refractivity contribution < 1.29 is 4.79 Å². The van der Waals surface area contributed by atoms with E-state index in [0.29, 0.717) is 12.0 Å². The highest BCUT2D eigenvalue weighted by Gasteiger charge is 2.16. The van der Waals surface area contributed by atoms with Gasteiger partial charge in [-0.15, -0.1) is 0 Å². The van der Waals surface area contributed by atoms with E-state index in [9.17, 15) is 4.79 Å². The first kappa shape index (κ1) is 18.8. The quantitative estimate of drug-likeness (QED) is 0.680. The lowest BCUT2D eigenvalue weighted by Gasteiger charge is -2.31. The van der Waals surface area contributed by atoms with Crippen LogP contribution in [-0.4, -0.2) is 12.5 Å². The molecule has 0 aromatic heterocycles. The Kier molecular flexibility index (Phi) is 5.58. The van der Waals surface area contributed by atoms with Crippen molar-refractivity contribution in [2.75, 3.05) is 16.8 Å². The molecular formula is C25H23N3O. The molecule has 0 unspecified atom stereocenters. The van der Waals surface area contributed by atoms with Crippen LogP contribution in [0.25, 0.3) is 0 Å². The maximum absolute atomic E-state index is 12.5. The summed E-state index contributed by atoms with van der Waals surface area (Å²) < 4.78 is 0. The second kappa shape index (κ2) is 8.62. The summed E-state index contributed by atoms with van der Waals surface area (Å²) in [4.78, 5) is 14.9. The van der Waals surface area contributed by atoms with Crippen LogP contribution in [0.5, 0.6) is 0 Å². The van der Waals surface area contributed by atoms with Gasteiger partial charge in [-0.05, 0) is 59.9 Å². The molecule has 0 saturated heterocycles. The van der Waals surface area contributed by atoms with Crippen molar-refractivity contribution in [3.8, 4) is 6.07 Å². The minimum absolute atomic E-state index is 0.132. The van der Waals surface area contributed by atoms with Gasteiger partial charge in [0, 0.05) is 30.0 Å². The van der Waals surface area contributed by atoms with Gasteiger partial charge < -0.3 is 10.2 Å². The molecule has 1 aliphatic rings. The van der Waals surface area contributed by atoms with Crippen LogP contribution >= 0.6 is 0 Å². The van der Waals surface area contributed by atoms with E-state index in [4.69, 9.17) is 5.26 Å². The fourth-order valence-electron chi connectivity index (χ4n) is 3.76. The zero-order valence-electron chi connectivity index (χ0n) is 16.3. The average molecular weight is 381 g/mol. The van der Waals surface area contributed by atoms with Gasteiger partial charge in [0.1, 0.15) is 0 Å². The van der Waals surface area contributed by atoms with Crippen molar-refractivity contribution in [3.05, 3.63) is 95.1 Å². The van der Waals surface area contributed by atoms with E-state index in [1.165, 1.54) is 23.2 Å². The minimum atomic E-state index is -0.132. The van der Waals surface area contributed by atoms with E-state index in [1.54, 1.807) is 0 Å². The van der Waals surface area contributed by atoms with E-state index >= 15 is 0 Å². The topological polar surface area (TPSA) is 56.1 Å². The molecule has 0 saturated carbocycles. The Labute approximate surface area is 171 Å². The summed E-state index contributed by atoms with van der Waals surface area (Å²) in [7, 11) is 0. The number of anilines is 2. The number of nitrogens with zero attached hydrogens (tertiary/aromatic N) is 2. The zero-order valence-corrected chi connectivity index (χ0v) is 16.3. The number of benzene rings is 3. The van der Waals surface area contributed by atoms with Crippen molar-refractivity contribution in [1.82, 2.24) is 0 Å². The van der Waals surface area contributed by atoms with Crippen LogP contribution in [0.1, 0.15) is 33.5 Å². The Morgan fingerprint density at radius 2 is 1.69 bits per heavy atom. The molecule has 0 spiro atoms. The van der Waals surface area contributed by atoms with Crippen LogP contribution < -0.4 is 10.2 Å².